The summed E-state index contributed by atoms with van der Waals surface area (Å²) in [6.45, 7) is 2.49. The number of amides is 2. The van der Waals surface area contributed by atoms with Crippen LogP contribution in [0, 0.1) is 6.92 Å². The van der Waals surface area contributed by atoms with Gasteiger partial charge < -0.3 is 19.7 Å². The van der Waals surface area contributed by atoms with E-state index in [1.807, 2.05) is 37.3 Å². The van der Waals surface area contributed by atoms with Gasteiger partial charge in [0.1, 0.15) is 0 Å². The minimum atomic E-state index is -0.188. The molecule has 6 heteroatoms. The van der Waals surface area contributed by atoms with E-state index >= 15 is 0 Å². The molecule has 6 nitrogen and oxygen atoms in total. The minimum Gasteiger partial charge on any atom is -0.493 e. The maximum atomic E-state index is 12.4. The van der Waals surface area contributed by atoms with Crippen molar-refractivity contribution in [3.8, 4) is 11.5 Å². The van der Waals surface area contributed by atoms with E-state index in [2.05, 4.69) is 5.32 Å². The van der Waals surface area contributed by atoms with Crippen molar-refractivity contribution >= 4 is 17.5 Å². The lowest BCUT2D eigenvalue weighted by molar-refractivity contribution is -0.121. The Hall–Kier alpha value is -3.02. The molecule has 1 heterocycles. The van der Waals surface area contributed by atoms with Gasteiger partial charge in [-0.3, -0.25) is 9.59 Å². The molecule has 1 saturated heterocycles. The van der Waals surface area contributed by atoms with Crippen LogP contribution in [0.3, 0.4) is 0 Å². The van der Waals surface area contributed by atoms with E-state index in [4.69, 9.17) is 9.47 Å². The predicted octanol–water partition coefficient (Wildman–Crippen LogP) is 2.48. The summed E-state index contributed by atoms with van der Waals surface area (Å²) < 4.78 is 10.5. The standard InChI is InChI=1S/C21H24N2O4/c1-14-4-7-17(8-5-14)23-13-16(12-21(23)25)22-20(24)11-15-6-9-18(26-2)19(10-15)27-3/h4-10,16H,11-13H2,1-3H3,(H,22,24). The highest BCUT2D eigenvalue weighted by Crippen LogP contribution is 2.28. The second-order valence-corrected chi connectivity index (χ2v) is 6.67. The summed E-state index contributed by atoms with van der Waals surface area (Å²) in [7, 11) is 3.13. The molecule has 0 aliphatic carbocycles. The molecule has 3 rings (SSSR count). The number of aryl methyl sites for hydroxylation is 1. The molecular formula is C21H24N2O4. The quantitative estimate of drug-likeness (QED) is 0.851. The SMILES string of the molecule is COc1ccc(CC(=O)NC2CC(=O)N(c3ccc(C)cc3)C2)cc1OC. The van der Waals surface area contributed by atoms with Gasteiger partial charge in [-0.2, -0.15) is 0 Å². The van der Waals surface area contributed by atoms with Crippen LogP contribution in [0.1, 0.15) is 17.5 Å². The Labute approximate surface area is 159 Å². The summed E-state index contributed by atoms with van der Waals surface area (Å²) in [6.07, 6.45) is 0.529. The Morgan fingerprint density at radius 3 is 2.48 bits per heavy atom. The van der Waals surface area contributed by atoms with Gasteiger partial charge in [-0.1, -0.05) is 23.8 Å². The molecule has 1 aliphatic heterocycles. The molecule has 1 unspecified atom stereocenters. The van der Waals surface area contributed by atoms with Gasteiger partial charge in [-0.15, -0.1) is 0 Å². The third-order valence-corrected chi connectivity index (χ3v) is 4.65. The fraction of sp³-hybridized carbons (Fsp3) is 0.333. The van der Waals surface area contributed by atoms with Crippen molar-refractivity contribution in [3.63, 3.8) is 0 Å². The Bertz CT molecular complexity index is 833. The number of ether oxygens (including phenoxy) is 2. The van der Waals surface area contributed by atoms with Crippen LogP contribution < -0.4 is 19.7 Å². The second-order valence-electron chi connectivity index (χ2n) is 6.67. The average Bonchev–Trinajstić information content (AvgIpc) is 3.02. The summed E-state index contributed by atoms with van der Waals surface area (Å²) >= 11 is 0. The average molecular weight is 368 g/mol. The maximum absolute atomic E-state index is 12.4. The monoisotopic (exact) mass is 368 g/mol. The van der Waals surface area contributed by atoms with Crippen molar-refractivity contribution in [1.82, 2.24) is 5.32 Å². The van der Waals surface area contributed by atoms with E-state index in [0.717, 1.165) is 16.8 Å². The van der Waals surface area contributed by atoms with Gasteiger partial charge >= 0.3 is 0 Å². The highest BCUT2D eigenvalue weighted by molar-refractivity contribution is 5.97. The largest absolute Gasteiger partial charge is 0.493 e. The number of benzene rings is 2. The fourth-order valence-corrected chi connectivity index (χ4v) is 3.23. The van der Waals surface area contributed by atoms with Crippen molar-refractivity contribution in [2.24, 2.45) is 0 Å². The van der Waals surface area contributed by atoms with Crippen LogP contribution in [0.4, 0.5) is 5.69 Å². The van der Waals surface area contributed by atoms with Gasteiger partial charge in [0, 0.05) is 18.7 Å². The first kappa shape index (κ1) is 18.8. The van der Waals surface area contributed by atoms with Crippen molar-refractivity contribution in [2.45, 2.75) is 25.8 Å². The Morgan fingerprint density at radius 1 is 1.11 bits per heavy atom. The number of hydrogen-bond donors (Lipinski definition) is 1. The molecule has 27 heavy (non-hydrogen) atoms. The predicted molar refractivity (Wildman–Crippen MR) is 103 cm³/mol. The van der Waals surface area contributed by atoms with Crippen molar-refractivity contribution in [1.29, 1.82) is 0 Å². The molecule has 0 saturated carbocycles. The molecule has 1 atom stereocenters. The lowest BCUT2D eigenvalue weighted by Crippen LogP contribution is -2.38. The van der Waals surface area contributed by atoms with Crippen LogP contribution in [-0.4, -0.2) is 38.6 Å². The highest BCUT2D eigenvalue weighted by Gasteiger charge is 2.31. The molecule has 0 bridgehead atoms. The van der Waals surface area contributed by atoms with Gasteiger partial charge in [0.25, 0.3) is 0 Å². The number of hydrogen-bond acceptors (Lipinski definition) is 4. The van der Waals surface area contributed by atoms with E-state index in [9.17, 15) is 9.59 Å². The fourth-order valence-electron chi connectivity index (χ4n) is 3.23. The van der Waals surface area contributed by atoms with Crippen LogP contribution in [0.2, 0.25) is 0 Å². The Morgan fingerprint density at radius 2 is 1.81 bits per heavy atom. The number of rotatable bonds is 6. The van der Waals surface area contributed by atoms with Gasteiger partial charge in [0.2, 0.25) is 11.8 Å². The van der Waals surface area contributed by atoms with Gasteiger partial charge in [-0.05, 0) is 36.8 Å². The zero-order valence-corrected chi connectivity index (χ0v) is 15.8. The smallest absolute Gasteiger partial charge is 0.229 e. The molecule has 2 aromatic carbocycles. The summed E-state index contributed by atoms with van der Waals surface area (Å²) in [6, 6.07) is 13.0. The van der Waals surface area contributed by atoms with Crippen LogP contribution in [0.5, 0.6) is 11.5 Å². The molecule has 0 spiro atoms. The maximum Gasteiger partial charge on any atom is 0.229 e. The Kier molecular flexibility index (Phi) is 5.64. The summed E-state index contributed by atoms with van der Waals surface area (Å²) in [5.74, 6) is 1.11. The van der Waals surface area contributed by atoms with Gasteiger partial charge in [-0.25, -0.2) is 0 Å². The number of carbonyl (C=O) groups excluding carboxylic acids is 2. The van der Waals surface area contributed by atoms with Crippen LogP contribution >= 0.6 is 0 Å². The lowest BCUT2D eigenvalue weighted by Gasteiger charge is -2.17. The molecule has 0 radical (unpaired) electrons. The summed E-state index contributed by atoms with van der Waals surface area (Å²) in [5, 5.41) is 2.96. The molecular weight excluding hydrogens is 344 g/mol. The third-order valence-electron chi connectivity index (χ3n) is 4.65. The van der Waals surface area contributed by atoms with Crippen LogP contribution in [0.15, 0.2) is 42.5 Å². The van der Waals surface area contributed by atoms with Gasteiger partial charge in [0.05, 0.1) is 26.7 Å². The minimum absolute atomic E-state index is 0.0234. The highest BCUT2D eigenvalue weighted by atomic mass is 16.5. The molecule has 1 N–H and O–H groups in total. The summed E-state index contributed by atoms with van der Waals surface area (Å²) in [5.41, 5.74) is 2.83. The molecule has 142 valence electrons. The zero-order chi connectivity index (χ0) is 19.4. The van der Waals surface area contributed by atoms with Crippen LogP contribution in [0.25, 0.3) is 0 Å². The summed E-state index contributed by atoms with van der Waals surface area (Å²) in [4.78, 5) is 26.4. The number of nitrogens with one attached hydrogen (secondary N) is 1. The van der Waals surface area contributed by atoms with E-state index in [-0.39, 0.29) is 24.3 Å². The van der Waals surface area contributed by atoms with Gasteiger partial charge in [0.15, 0.2) is 11.5 Å². The van der Waals surface area contributed by atoms with E-state index in [1.165, 1.54) is 0 Å². The van der Waals surface area contributed by atoms with Crippen LogP contribution in [-0.2, 0) is 16.0 Å². The number of anilines is 1. The normalized spacial score (nSPS) is 16.3. The third kappa shape index (κ3) is 4.39. The first-order valence-electron chi connectivity index (χ1n) is 8.87. The molecule has 0 aromatic heterocycles. The molecule has 1 fully saturated rings. The number of methoxy groups -OCH3 is 2. The van der Waals surface area contributed by atoms with Crippen molar-refractivity contribution < 1.29 is 19.1 Å². The molecule has 1 aliphatic rings. The first-order valence-corrected chi connectivity index (χ1v) is 8.87. The van der Waals surface area contributed by atoms with Crippen molar-refractivity contribution in [3.05, 3.63) is 53.6 Å². The zero-order valence-electron chi connectivity index (χ0n) is 15.8. The van der Waals surface area contributed by atoms with E-state index in [1.54, 1.807) is 31.3 Å². The molecule has 2 amide bonds. The first-order chi connectivity index (χ1) is 13.0. The number of carbonyl (C=O) groups is 2. The molecule has 2 aromatic rings. The topological polar surface area (TPSA) is 67.9 Å². The lowest BCUT2D eigenvalue weighted by atomic mass is 10.1. The second kappa shape index (κ2) is 8.12. The Balaban J connectivity index is 1.60. The number of nitrogens with zero attached hydrogens (tertiary/aromatic N) is 1. The van der Waals surface area contributed by atoms with E-state index < -0.39 is 0 Å². The van der Waals surface area contributed by atoms with E-state index in [0.29, 0.717) is 24.5 Å². The van der Waals surface area contributed by atoms with Crippen molar-refractivity contribution in [2.75, 3.05) is 25.7 Å².